The third-order valence-electron chi connectivity index (χ3n) is 5.56. The number of nitrogens with one attached hydrogen (secondary N) is 3. The minimum absolute atomic E-state index is 0.0517. The van der Waals surface area contributed by atoms with Crippen molar-refractivity contribution < 1.29 is 9.59 Å². The largest absolute Gasteiger partial charge is 0.359 e. The molecule has 3 N–H and O–H groups in total. The summed E-state index contributed by atoms with van der Waals surface area (Å²) in [5.74, 6) is 0.619. The van der Waals surface area contributed by atoms with E-state index in [-0.39, 0.29) is 17.9 Å². The van der Waals surface area contributed by atoms with E-state index in [1.54, 1.807) is 30.1 Å². The van der Waals surface area contributed by atoms with Crippen LogP contribution in [0.5, 0.6) is 0 Å². The van der Waals surface area contributed by atoms with E-state index in [4.69, 9.17) is 0 Å². The summed E-state index contributed by atoms with van der Waals surface area (Å²) in [4.78, 5) is 37.9. The molecule has 0 spiro atoms. The van der Waals surface area contributed by atoms with E-state index in [1.807, 2.05) is 12.3 Å². The first-order chi connectivity index (χ1) is 16.6. The van der Waals surface area contributed by atoms with Gasteiger partial charge in [0.15, 0.2) is 0 Å². The van der Waals surface area contributed by atoms with E-state index < -0.39 is 0 Å². The number of carbonyl (C=O) groups excluding carboxylic acids is 2. The molecular formula is C25H27N5O2S2. The van der Waals surface area contributed by atoms with Crippen molar-refractivity contribution in [2.45, 2.75) is 38.1 Å². The van der Waals surface area contributed by atoms with Crippen LogP contribution < -0.4 is 10.6 Å². The van der Waals surface area contributed by atoms with Crippen LogP contribution in [0.15, 0.2) is 59.7 Å². The summed E-state index contributed by atoms with van der Waals surface area (Å²) in [6.07, 6.45) is 7.21. The molecular weight excluding hydrogens is 466 g/mol. The smallest absolute Gasteiger partial charge is 0.263 e. The lowest BCUT2D eigenvalue weighted by atomic mass is 10.1. The second-order valence-electron chi connectivity index (χ2n) is 7.90. The quantitative estimate of drug-likeness (QED) is 0.243. The molecule has 0 bridgehead atoms. The first kappa shape index (κ1) is 23.8. The molecule has 1 atom stereocenters. The van der Waals surface area contributed by atoms with Gasteiger partial charge in [-0.2, -0.15) is 0 Å². The minimum Gasteiger partial charge on any atom is -0.359 e. The molecule has 7 nitrogen and oxygen atoms in total. The Labute approximate surface area is 206 Å². The molecule has 2 amide bonds. The van der Waals surface area contributed by atoms with Gasteiger partial charge in [0.25, 0.3) is 5.91 Å². The maximum atomic E-state index is 12.7. The molecule has 4 aromatic rings. The molecule has 0 aliphatic rings. The van der Waals surface area contributed by atoms with E-state index in [1.165, 1.54) is 21.8 Å². The fraction of sp³-hybridized carbons (Fsp3) is 0.280. The number of H-pyrrole nitrogens is 1. The monoisotopic (exact) mass is 493 g/mol. The van der Waals surface area contributed by atoms with Crippen LogP contribution in [-0.4, -0.2) is 33.8 Å². The molecule has 1 aromatic carbocycles. The number of thiazole rings is 1. The molecule has 0 radical (unpaired) electrons. The second-order valence-corrected chi connectivity index (χ2v) is 9.74. The normalized spacial score (nSPS) is 11.8. The number of thiophene rings is 1. The van der Waals surface area contributed by atoms with Crippen LogP contribution >= 0.6 is 22.7 Å². The predicted molar refractivity (Wildman–Crippen MR) is 137 cm³/mol. The van der Waals surface area contributed by atoms with Crippen LogP contribution in [0, 0.1) is 0 Å². The highest BCUT2D eigenvalue weighted by Gasteiger charge is 2.20. The molecule has 3 aromatic heterocycles. The van der Waals surface area contributed by atoms with Gasteiger partial charge in [0.2, 0.25) is 5.91 Å². The third-order valence-corrected chi connectivity index (χ3v) is 7.25. The number of aromatic nitrogens is 3. The van der Waals surface area contributed by atoms with Gasteiger partial charge in [-0.1, -0.05) is 43.2 Å². The van der Waals surface area contributed by atoms with Crippen molar-refractivity contribution in [3.05, 3.63) is 70.4 Å². The van der Waals surface area contributed by atoms with Crippen LogP contribution in [0.25, 0.3) is 21.7 Å². The van der Waals surface area contributed by atoms with Gasteiger partial charge in [0, 0.05) is 18.3 Å². The van der Waals surface area contributed by atoms with Crippen LogP contribution in [0.2, 0.25) is 0 Å². The summed E-state index contributed by atoms with van der Waals surface area (Å²) in [5.41, 5.74) is 4.78. The van der Waals surface area contributed by atoms with Gasteiger partial charge in [-0.25, -0.2) is 4.98 Å². The van der Waals surface area contributed by atoms with Crippen molar-refractivity contribution in [2.75, 3.05) is 7.05 Å². The van der Waals surface area contributed by atoms with Crippen molar-refractivity contribution in [1.82, 2.24) is 25.6 Å². The lowest BCUT2D eigenvalue weighted by Crippen LogP contribution is -2.28. The molecule has 4 rings (SSSR count). The molecule has 0 unspecified atom stereocenters. The fourth-order valence-electron chi connectivity index (χ4n) is 3.69. The Balaban J connectivity index is 1.44. The van der Waals surface area contributed by atoms with E-state index >= 15 is 0 Å². The lowest BCUT2D eigenvalue weighted by Gasteiger charge is -2.16. The Hall–Kier alpha value is -3.30. The van der Waals surface area contributed by atoms with Crippen molar-refractivity contribution >= 4 is 34.5 Å². The molecule has 3 heterocycles. The van der Waals surface area contributed by atoms with Crippen LogP contribution in [0.4, 0.5) is 0 Å². The Morgan fingerprint density at radius 2 is 1.85 bits per heavy atom. The average Bonchev–Trinajstić information content (AvgIpc) is 3.65. The Morgan fingerprint density at radius 1 is 1.03 bits per heavy atom. The number of unbranched alkanes of at least 4 members (excludes halogenated alkanes) is 2. The summed E-state index contributed by atoms with van der Waals surface area (Å²) in [6.45, 7) is 0. The highest BCUT2D eigenvalue weighted by atomic mass is 32.1. The number of amides is 2. The molecule has 34 heavy (non-hydrogen) atoms. The Bertz CT molecular complexity index is 1180. The highest BCUT2D eigenvalue weighted by molar-refractivity contribution is 7.13. The zero-order valence-electron chi connectivity index (χ0n) is 18.9. The molecule has 9 heteroatoms. The topological polar surface area (TPSA) is 99.8 Å². The van der Waals surface area contributed by atoms with E-state index in [0.29, 0.717) is 11.3 Å². The first-order valence-corrected chi connectivity index (χ1v) is 13.0. The molecule has 0 fully saturated rings. The number of hydrogen-bond acceptors (Lipinski definition) is 6. The second kappa shape index (κ2) is 11.7. The third kappa shape index (κ3) is 6.18. The number of nitrogens with zero attached hydrogens (tertiary/aromatic N) is 2. The summed E-state index contributed by atoms with van der Waals surface area (Å²) in [7, 11) is 1.65. The van der Waals surface area contributed by atoms with Gasteiger partial charge in [-0.3, -0.25) is 14.6 Å². The average molecular weight is 494 g/mol. The molecule has 0 saturated carbocycles. The number of aromatic amines is 1. The molecule has 0 aliphatic heterocycles. The number of benzene rings is 1. The summed E-state index contributed by atoms with van der Waals surface area (Å²) in [5, 5.41) is 7.82. The summed E-state index contributed by atoms with van der Waals surface area (Å²) < 4.78 is 0. The Kier molecular flexibility index (Phi) is 8.21. The first-order valence-electron chi connectivity index (χ1n) is 11.2. The van der Waals surface area contributed by atoms with Gasteiger partial charge < -0.3 is 15.6 Å². The lowest BCUT2D eigenvalue weighted by molar-refractivity contribution is -0.120. The summed E-state index contributed by atoms with van der Waals surface area (Å²) in [6, 6.07) is 12.3. The highest BCUT2D eigenvalue weighted by Crippen LogP contribution is 2.28. The zero-order valence-corrected chi connectivity index (χ0v) is 20.5. The van der Waals surface area contributed by atoms with Crippen molar-refractivity contribution in [3.63, 3.8) is 0 Å². The number of imidazole rings is 1. The van der Waals surface area contributed by atoms with Crippen LogP contribution in [0.3, 0.4) is 0 Å². The number of carbonyl (C=O) groups is 2. The molecule has 176 valence electrons. The molecule has 0 aliphatic carbocycles. The van der Waals surface area contributed by atoms with Gasteiger partial charge in [-0.15, -0.1) is 22.7 Å². The summed E-state index contributed by atoms with van der Waals surface area (Å²) >= 11 is 3.03. The van der Waals surface area contributed by atoms with Crippen LogP contribution in [0.1, 0.15) is 53.6 Å². The SMILES string of the molecule is CNC(=O)CCCCC[C@H](NC(=O)c1cncs1)c1ncc(-c2ccc(-c3cccs3)cc2)[nH]1. The van der Waals surface area contributed by atoms with Gasteiger partial charge >= 0.3 is 0 Å². The van der Waals surface area contributed by atoms with E-state index in [2.05, 4.69) is 61.3 Å². The predicted octanol–water partition coefficient (Wildman–Crippen LogP) is 5.43. The molecule has 0 saturated heterocycles. The number of hydrogen-bond donors (Lipinski definition) is 3. The van der Waals surface area contributed by atoms with E-state index in [9.17, 15) is 9.59 Å². The van der Waals surface area contributed by atoms with Gasteiger partial charge in [-0.05, 0) is 35.4 Å². The van der Waals surface area contributed by atoms with Crippen LogP contribution in [-0.2, 0) is 4.79 Å². The zero-order chi connectivity index (χ0) is 23.8. The van der Waals surface area contributed by atoms with E-state index in [0.717, 1.165) is 42.8 Å². The Morgan fingerprint density at radius 3 is 2.56 bits per heavy atom. The fourth-order valence-corrected chi connectivity index (χ4v) is 4.94. The van der Waals surface area contributed by atoms with Gasteiger partial charge in [0.1, 0.15) is 10.7 Å². The van der Waals surface area contributed by atoms with Crippen molar-refractivity contribution in [3.8, 4) is 21.7 Å². The maximum absolute atomic E-state index is 12.7. The standard InChI is InChI=1S/C25H27N5O2S2/c1-26-23(31)8-4-2-3-6-19(30-25(32)22-15-27-16-34-22)24-28-14-20(29-24)17-9-11-18(12-10-17)21-7-5-13-33-21/h5,7,9-16,19H,2-4,6,8H2,1H3,(H,26,31)(H,28,29)(H,30,32)/t19-/m0/s1. The number of rotatable bonds is 11. The van der Waals surface area contributed by atoms with Crippen molar-refractivity contribution in [2.24, 2.45) is 0 Å². The van der Waals surface area contributed by atoms with Crippen molar-refractivity contribution in [1.29, 1.82) is 0 Å². The van der Waals surface area contributed by atoms with Gasteiger partial charge in [0.05, 0.1) is 29.6 Å². The maximum Gasteiger partial charge on any atom is 0.263 e. The minimum atomic E-state index is -0.256.